The molecular formula is C4H3F3N4O2. The summed E-state index contributed by atoms with van der Waals surface area (Å²) in [4.78, 5) is 9.07. The second-order valence-electron chi connectivity index (χ2n) is 2.15. The lowest BCUT2D eigenvalue weighted by atomic mass is 10.6. The predicted molar refractivity (Wildman–Crippen MR) is 32.7 cm³/mol. The van der Waals surface area contributed by atoms with Crippen molar-refractivity contribution in [1.82, 2.24) is 15.0 Å². The maximum atomic E-state index is 11.7. The topological polar surface area (TPSA) is 73.8 Å². The van der Waals surface area contributed by atoms with Gasteiger partial charge in [0.1, 0.15) is 17.8 Å². The number of rotatable bonds is 2. The Morgan fingerprint density at radius 1 is 1.62 bits per heavy atom. The standard InChI is InChI=1S/C4H3F3N4O2/c5-4(6,7)2-10-1-3(8-9-10)11(12)13/h1H,2H2. The SMILES string of the molecule is O=[N+]([O-])c1cn(CC(F)(F)F)nn1. The van der Waals surface area contributed by atoms with Crippen LogP contribution in [0.4, 0.5) is 19.0 Å². The van der Waals surface area contributed by atoms with Crippen molar-refractivity contribution in [3.63, 3.8) is 0 Å². The average Bonchev–Trinajstić information content (AvgIpc) is 2.31. The molecule has 0 aliphatic rings. The minimum atomic E-state index is -4.46. The van der Waals surface area contributed by atoms with Crippen LogP contribution < -0.4 is 0 Å². The molecule has 0 N–H and O–H groups in total. The summed E-state index contributed by atoms with van der Waals surface area (Å²) >= 11 is 0. The third kappa shape index (κ3) is 2.69. The Morgan fingerprint density at radius 2 is 2.23 bits per heavy atom. The van der Waals surface area contributed by atoms with E-state index in [0.29, 0.717) is 10.9 Å². The lowest BCUT2D eigenvalue weighted by Crippen LogP contribution is -2.17. The molecule has 1 aromatic heterocycles. The maximum absolute atomic E-state index is 11.7. The zero-order chi connectivity index (χ0) is 10.1. The van der Waals surface area contributed by atoms with E-state index in [0.717, 1.165) is 0 Å². The lowest BCUT2D eigenvalue weighted by molar-refractivity contribution is -0.389. The number of aromatic nitrogens is 3. The molecule has 1 aromatic rings. The summed E-state index contributed by atoms with van der Waals surface area (Å²) in [5.74, 6) is -0.704. The van der Waals surface area contributed by atoms with Gasteiger partial charge in [-0.25, -0.2) is 4.68 Å². The quantitative estimate of drug-likeness (QED) is 0.516. The van der Waals surface area contributed by atoms with Crippen molar-refractivity contribution in [2.24, 2.45) is 0 Å². The van der Waals surface area contributed by atoms with Crippen molar-refractivity contribution in [3.05, 3.63) is 16.3 Å². The average molecular weight is 196 g/mol. The highest BCUT2D eigenvalue weighted by atomic mass is 19.4. The summed E-state index contributed by atoms with van der Waals surface area (Å²) in [6, 6.07) is 0. The van der Waals surface area contributed by atoms with Crippen LogP contribution in [0.3, 0.4) is 0 Å². The van der Waals surface area contributed by atoms with E-state index in [-0.39, 0.29) is 0 Å². The van der Waals surface area contributed by atoms with Crippen molar-refractivity contribution in [2.45, 2.75) is 12.7 Å². The highest BCUT2D eigenvalue weighted by Gasteiger charge is 2.30. The van der Waals surface area contributed by atoms with E-state index in [9.17, 15) is 23.3 Å². The molecule has 0 radical (unpaired) electrons. The Hall–Kier alpha value is -1.67. The third-order valence-electron chi connectivity index (χ3n) is 1.05. The highest BCUT2D eigenvalue weighted by Crippen LogP contribution is 2.17. The van der Waals surface area contributed by atoms with Gasteiger partial charge in [-0.1, -0.05) is 0 Å². The molecule has 6 nitrogen and oxygen atoms in total. The Balaban J connectivity index is 2.75. The summed E-state index contributed by atoms with van der Waals surface area (Å²) in [6.45, 7) is -1.38. The van der Waals surface area contributed by atoms with Gasteiger partial charge < -0.3 is 10.1 Å². The normalized spacial score (nSPS) is 11.6. The molecule has 72 valence electrons. The Labute approximate surface area is 69.1 Å². The molecule has 0 aliphatic heterocycles. The van der Waals surface area contributed by atoms with E-state index in [1.165, 1.54) is 0 Å². The van der Waals surface area contributed by atoms with Gasteiger partial charge in [-0.15, -0.1) is 0 Å². The minimum absolute atomic E-state index is 0.359. The van der Waals surface area contributed by atoms with E-state index in [1.807, 2.05) is 0 Å². The van der Waals surface area contributed by atoms with Crippen LogP contribution in [0.2, 0.25) is 0 Å². The van der Waals surface area contributed by atoms with Crippen LogP contribution in [0.25, 0.3) is 0 Å². The third-order valence-corrected chi connectivity index (χ3v) is 1.05. The van der Waals surface area contributed by atoms with E-state index in [2.05, 4.69) is 10.3 Å². The van der Waals surface area contributed by atoms with Gasteiger partial charge in [-0.2, -0.15) is 13.2 Å². The molecule has 0 atom stereocenters. The zero-order valence-electron chi connectivity index (χ0n) is 6.02. The van der Waals surface area contributed by atoms with Crippen LogP contribution in [0, 0.1) is 10.1 Å². The number of alkyl halides is 3. The largest absolute Gasteiger partial charge is 0.410 e. The highest BCUT2D eigenvalue weighted by molar-refractivity contribution is 5.08. The zero-order valence-corrected chi connectivity index (χ0v) is 6.02. The summed E-state index contributed by atoms with van der Waals surface area (Å²) in [5.41, 5.74) is 0. The molecule has 0 unspecified atom stereocenters. The maximum Gasteiger partial charge on any atom is 0.410 e. The fourth-order valence-corrected chi connectivity index (χ4v) is 0.633. The number of nitrogens with zero attached hydrogens (tertiary/aromatic N) is 4. The lowest BCUT2D eigenvalue weighted by Gasteiger charge is -2.02. The van der Waals surface area contributed by atoms with Crippen LogP contribution in [0.15, 0.2) is 6.20 Å². The van der Waals surface area contributed by atoms with Crippen molar-refractivity contribution in [1.29, 1.82) is 0 Å². The number of nitro groups is 1. The van der Waals surface area contributed by atoms with Gasteiger partial charge in [-0.3, -0.25) is 0 Å². The molecule has 1 rings (SSSR count). The first-order valence-corrected chi connectivity index (χ1v) is 3.00. The van der Waals surface area contributed by atoms with Gasteiger partial charge in [-0.05, 0) is 4.92 Å². The van der Waals surface area contributed by atoms with E-state index in [4.69, 9.17) is 0 Å². The van der Waals surface area contributed by atoms with Gasteiger partial charge in [0.25, 0.3) is 0 Å². The first kappa shape index (κ1) is 9.42. The molecular weight excluding hydrogens is 193 g/mol. The van der Waals surface area contributed by atoms with Gasteiger partial charge >= 0.3 is 12.0 Å². The second-order valence-corrected chi connectivity index (χ2v) is 2.15. The Morgan fingerprint density at radius 3 is 2.62 bits per heavy atom. The van der Waals surface area contributed by atoms with Gasteiger partial charge in [0.05, 0.1) is 5.21 Å². The van der Waals surface area contributed by atoms with Gasteiger partial charge in [0.15, 0.2) is 0 Å². The monoisotopic (exact) mass is 196 g/mol. The molecule has 0 aliphatic carbocycles. The second kappa shape index (κ2) is 2.99. The summed E-state index contributed by atoms with van der Waals surface area (Å²) in [6.07, 6.45) is -3.84. The predicted octanol–water partition coefficient (Wildman–Crippen LogP) is 0.749. The molecule has 0 saturated carbocycles. The summed E-state index contributed by atoms with van der Waals surface area (Å²) < 4.78 is 35.4. The Kier molecular flexibility index (Phi) is 2.17. The van der Waals surface area contributed by atoms with Crippen molar-refractivity contribution >= 4 is 5.82 Å². The van der Waals surface area contributed by atoms with Crippen molar-refractivity contribution < 1.29 is 18.1 Å². The van der Waals surface area contributed by atoms with Crippen LogP contribution in [0.1, 0.15) is 0 Å². The van der Waals surface area contributed by atoms with Crippen molar-refractivity contribution in [3.8, 4) is 0 Å². The molecule has 9 heteroatoms. The number of halogens is 3. The first-order chi connectivity index (χ1) is 5.88. The molecule has 1 heterocycles. The van der Waals surface area contributed by atoms with Gasteiger partial charge in [0.2, 0.25) is 0 Å². The molecule has 13 heavy (non-hydrogen) atoms. The Bertz CT molecular complexity index is 319. The molecule has 0 spiro atoms. The minimum Gasteiger partial charge on any atom is -0.358 e. The smallest absolute Gasteiger partial charge is 0.358 e. The summed E-state index contributed by atoms with van der Waals surface area (Å²) in [5, 5.41) is 15.8. The number of hydrogen-bond donors (Lipinski definition) is 0. The van der Waals surface area contributed by atoms with E-state index in [1.54, 1.807) is 0 Å². The fraction of sp³-hybridized carbons (Fsp3) is 0.500. The summed E-state index contributed by atoms with van der Waals surface area (Å²) in [7, 11) is 0. The van der Waals surface area contributed by atoms with Gasteiger partial charge in [0, 0.05) is 0 Å². The van der Waals surface area contributed by atoms with Crippen LogP contribution >= 0.6 is 0 Å². The molecule has 0 bridgehead atoms. The van der Waals surface area contributed by atoms with Crippen molar-refractivity contribution in [2.75, 3.05) is 0 Å². The fourth-order valence-electron chi connectivity index (χ4n) is 0.633. The number of hydrogen-bond acceptors (Lipinski definition) is 4. The van der Waals surface area contributed by atoms with E-state index >= 15 is 0 Å². The first-order valence-electron chi connectivity index (χ1n) is 3.00. The molecule has 0 aromatic carbocycles. The molecule has 0 amide bonds. The van der Waals surface area contributed by atoms with Crippen LogP contribution in [-0.4, -0.2) is 26.1 Å². The van der Waals surface area contributed by atoms with Crippen LogP contribution in [-0.2, 0) is 6.54 Å². The van der Waals surface area contributed by atoms with Crippen LogP contribution in [0.5, 0.6) is 0 Å². The molecule has 0 saturated heterocycles. The van der Waals surface area contributed by atoms with E-state index < -0.39 is 23.5 Å². The molecule has 0 fully saturated rings.